The molecule has 0 unspecified atom stereocenters. The maximum atomic E-state index is 5.84. The van der Waals surface area contributed by atoms with E-state index in [2.05, 4.69) is 43.3 Å². The van der Waals surface area contributed by atoms with Gasteiger partial charge >= 0.3 is 0 Å². The van der Waals surface area contributed by atoms with Crippen molar-refractivity contribution in [1.82, 2.24) is 15.1 Å². The molecule has 0 amide bonds. The number of nitrogens with zero attached hydrogens (tertiary/aromatic N) is 2. The fourth-order valence-electron chi connectivity index (χ4n) is 2.07. The van der Waals surface area contributed by atoms with Gasteiger partial charge in [0.15, 0.2) is 5.75 Å². The predicted octanol–water partition coefficient (Wildman–Crippen LogP) is 3.50. The van der Waals surface area contributed by atoms with Crippen molar-refractivity contribution in [3.8, 4) is 11.5 Å². The lowest BCUT2D eigenvalue weighted by Gasteiger charge is -2.09. The van der Waals surface area contributed by atoms with E-state index in [9.17, 15) is 0 Å². The van der Waals surface area contributed by atoms with Gasteiger partial charge < -0.3 is 10.1 Å². The molecule has 0 aliphatic heterocycles. The third kappa shape index (κ3) is 3.84. The Kier molecular flexibility index (Phi) is 5.18. The van der Waals surface area contributed by atoms with E-state index < -0.39 is 0 Å². The van der Waals surface area contributed by atoms with Crippen molar-refractivity contribution in [2.45, 2.75) is 40.3 Å². The fourth-order valence-corrected chi connectivity index (χ4v) is 2.07. The Morgan fingerprint density at radius 3 is 2.80 bits per heavy atom. The molecule has 108 valence electrons. The van der Waals surface area contributed by atoms with Crippen LogP contribution in [0.25, 0.3) is 0 Å². The minimum absolute atomic E-state index is 0.789. The summed E-state index contributed by atoms with van der Waals surface area (Å²) in [5.74, 6) is 1.65. The van der Waals surface area contributed by atoms with Crippen LogP contribution in [0.1, 0.15) is 31.4 Å². The van der Waals surface area contributed by atoms with Crippen molar-refractivity contribution < 1.29 is 4.74 Å². The summed E-state index contributed by atoms with van der Waals surface area (Å²) in [7, 11) is 0. The van der Waals surface area contributed by atoms with E-state index in [0.717, 1.165) is 37.6 Å². The summed E-state index contributed by atoms with van der Waals surface area (Å²) < 4.78 is 7.75. The highest BCUT2D eigenvalue weighted by Crippen LogP contribution is 2.23. The first-order valence-corrected chi connectivity index (χ1v) is 7.23. The molecule has 0 bridgehead atoms. The number of nitrogens with one attached hydrogen (secondary N) is 1. The number of hydrogen-bond donors (Lipinski definition) is 1. The molecule has 4 heteroatoms. The van der Waals surface area contributed by atoms with Gasteiger partial charge in [0, 0.05) is 13.1 Å². The van der Waals surface area contributed by atoms with E-state index in [1.165, 1.54) is 11.1 Å². The van der Waals surface area contributed by atoms with Gasteiger partial charge in [0.05, 0.1) is 12.4 Å². The highest BCUT2D eigenvalue weighted by atomic mass is 16.5. The Hall–Kier alpha value is -1.81. The average molecular weight is 273 g/mol. The lowest BCUT2D eigenvalue weighted by Crippen LogP contribution is -2.12. The van der Waals surface area contributed by atoms with Crippen molar-refractivity contribution in [3.05, 3.63) is 41.7 Å². The SMILES string of the molecule is CCCn1cc(Oc2ccc(CNCC)c(C)c2)cn1. The summed E-state index contributed by atoms with van der Waals surface area (Å²) in [6, 6.07) is 6.20. The molecule has 0 aliphatic carbocycles. The largest absolute Gasteiger partial charge is 0.454 e. The van der Waals surface area contributed by atoms with Crippen molar-refractivity contribution in [2.75, 3.05) is 6.54 Å². The topological polar surface area (TPSA) is 39.1 Å². The van der Waals surface area contributed by atoms with Gasteiger partial charge in [0.2, 0.25) is 0 Å². The summed E-state index contributed by atoms with van der Waals surface area (Å²) in [6.07, 6.45) is 4.77. The third-order valence-corrected chi connectivity index (χ3v) is 3.18. The fraction of sp³-hybridized carbons (Fsp3) is 0.438. The number of aryl methyl sites for hydroxylation is 2. The molecule has 0 fully saturated rings. The molecule has 0 saturated heterocycles. The normalized spacial score (nSPS) is 10.8. The molecule has 1 aromatic heterocycles. The first-order valence-electron chi connectivity index (χ1n) is 7.23. The smallest absolute Gasteiger partial charge is 0.165 e. The van der Waals surface area contributed by atoms with E-state index in [4.69, 9.17) is 4.74 Å². The zero-order valence-corrected chi connectivity index (χ0v) is 12.5. The standard InChI is InChI=1S/C16H23N3O/c1-4-8-19-12-16(11-18-19)20-15-7-6-14(10-17-5-2)13(3)9-15/h6-7,9,11-12,17H,4-5,8,10H2,1-3H3. The third-order valence-electron chi connectivity index (χ3n) is 3.18. The van der Waals surface area contributed by atoms with E-state index >= 15 is 0 Å². The van der Waals surface area contributed by atoms with Crippen LogP contribution in [0.3, 0.4) is 0 Å². The van der Waals surface area contributed by atoms with Gasteiger partial charge in [-0.15, -0.1) is 0 Å². The summed E-state index contributed by atoms with van der Waals surface area (Å²) in [5, 5.41) is 7.60. The van der Waals surface area contributed by atoms with E-state index in [-0.39, 0.29) is 0 Å². The number of benzene rings is 1. The summed E-state index contributed by atoms with van der Waals surface area (Å²) >= 11 is 0. The molecule has 1 aromatic carbocycles. The highest BCUT2D eigenvalue weighted by Gasteiger charge is 2.04. The maximum absolute atomic E-state index is 5.84. The molecule has 0 atom stereocenters. The molecule has 20 heavy (non-hydrogen) atoms. The highest BCUT2D eigenvalue weighted by molar-refractivity contribution is 5.37. The zero-order chi connectivity index (χ0) is 14.4. The molecule has 0 aliphatic rings. The lowest BCUT2D eigenvalue weighted by molar-refractivity contribution is 0.480. The van der Waals surface area contributed by atoms with Gasteiger partial charge in [-0.1, -0.05) is 19.9 Å². The zero-order valence-electron chi connectivity index (χ0n) is 12.5. The second kappa shape index (κ2) is 7.10. The first-order chi connectivity index (χ1) is 9.72. The van der Waals surface area contributed by atoms with Crippen LogP contribution in [0.15, 0.2) is 30.6 Å². The van der Waals surface area contributed by atoms with Gasteiger partial charge in [-0.25, -0.2) is 0 Å². The molecule has 4 nitrogen and oxygen atoms in total. The Morgan fingerprint density at radius 2 is 2.10 bits per heavy atom. The van der Waals surface area contributed by atoms with Gasteiger partial charge in [-0.05, 0) is 43.1 Å². The van der Waals surface area contributed by atoms with E-state index in [0.29, 0.717) is 0 Å². The molecular weight excluding hydrogens is 250 g/mol. The summed E-state index contributed by atoms with van der Waals surface area (Å²) in [4.78, 5) is 0. The van der Waals surface area contributed by atoms with Gasteiger partial charge in [0.25, 0.3) is 0 Å². The average Bonchev–Trinajstić information content (AvgIpc) is 2.86. The number of hydrogen-bond acceptors (Lipinski definition) is 3. The minimum atomic E-state index is 0.789. The first kappa shape index (κ1) is 14.6. The van der Waals surface area contributed by atoms with Crippen LogP contribution in [0.2, 0.25) is 0 Å². The Bertz CT molecular complexity index is 548. The van der Waals surface area contributed by atoms with Crippen molar-refractivity contribution in [3.63, 3.8) is 0 Å². The van der Waals surface area contributed by atoms with Crippen molar-refractivity contribution in [1.29, 1.82) is 0 Å². The second-order valence-corrected chi connectivity index (χ2v) is 4.91. The Morgan fingerprint density at radius 1 is 1.25 bits per heavy atom. The Labute approximate surface area is 120 Å². The number of ether oxygens (including phenoxy) is 1. The van der Waals surface area contributed by atoms with Gasteiger partial charge in [0.1, 0.15) is 5.75 Å². The minimum Gasteiger partial charge on any atom is -0.454 e. The van der Waals surface area contributed by atoms with Crippen LogP contribution in [0.4, 0.5) is 0 Å². The van der Waals surface area contributed by atoms with Crippen LogP contribution < -0.4 is 10.1 Å². The number of rotatable bonds is 7. The monoisotopic (exact) mass is 273 g/mol. The van der Waals surface area contributed by atoms with Crippen molar-refractivity contribution in [2.24, 2.45) is 0 Å². The van der Waals surface area contributed by atoms with Crippen LogP contribution in [-0.4, -0.2) is 16.3 Å². The quantitative estimate of drug-likeness (QED) is 0.839. The summed E-state index contributed by atoms with van der Waals surface area (Å²) in [6.45, 7) is 9.16. The predicted molar refractivity (Wildman–Crippen MR) is 81.2 cm³/mol. The molecule has 1 N–H and O–H groups in total. The van der Waals surface area contributed by atoms with E-state index in [1.54, 1.807) is 6.20 Å². The summed E-state index contributed by atoms with van der Waals surface area (Å²) in [5.41, 5.74) is 2.55. The molecule has 0 spiro atoms. The second-order valence-electron chi connectivity index (χ2n) is 4.91. The van der Waals surface area contributed by atoms with Gasteiger partial charge in [-0.2, -0.15) is 5.10 Å². The molecule has 0 saturated carbocycles. The molecule has 1 heterocycles. The van der Waals surface area contributed by atoms with Gasteiger partial charge in [-0.3, -0.25) is 4.68 Å². The van der Waals surface area contributed by atoms with Crippen molar-refractivity contribution >= 4 is 0 Å². The molecule has 0 radical (unpaired) electrons. The van der Waals surface area contributed by atoms with Crippen LogP contribution >= 0.6 is 0 Å². The van der Waals surface area contributed by atoms with Crippen LogP contribution in [0.5, 0.6) is 11.5 Å². The maximum Gasteiger partial charge on any atom is 0.165 e. The number of aromatic nitrogens is 2. The lowest BCUT2D eigenvalue weighted by atomic mass is 10.1. The van der Waals surface area contributed by atoms with Crippen LogP contribution in [-0.2, 0) is 13.1 Å². The van der Waals surface area contributed by atoms with E-state index in [1.807, 2.05) is 16.9 Å². The Balaban J connectivity index is 2.03. The molecule has 2 aromatic rings. The molecule has 2 rings (SSSR count). The molecular formula is C16H23N3O. The van der Waals surface area contributed by atoms with Crippen LogP contribution in [0, 0.1) is 6.92 Å².